The van der Waals surface area contributed by atoms with Gasteiger partial charge in [-0.1, -0.05) is 0 Å². The lowest BCUT2D eigenvalue weighted by molar-refractivity contribution is -0.442. The number of ether oxygens (including phenoxy) is 1. The fourth-order valence-corrected chi connectivity index (χ4v) is 2.32. The molecule has 0 saturated heterocycles. The van der Waals surface area contributed by atoms with E-state index in [4.69, 9.17) is 4.74 Å². The monoisotopic (exact) mass is 492 g/mol. The molecule has 0 fully saturated rings. The van der Waals surface area contributed by atoms with Gasteiger partial charge in [0.2, 0.25) is 0 Å². The van der Waals surface area contributed by atoms with E-state index < -0.39 is 47.3 Å². The molecule has 2 aromatic rings. The van der Waals surface area contributed by atoms with Crippen molar-refractivity contribution in [2.45, 2.75) is 35.8 Å². The minimum absolute atomic E-state index is 0.114. The largest absolute Gasteiger partial charge is 0.497 e. The summed E-state index contributed by atoms with van der Waals surface area (Å²) in [6, 6.07) is 4.73. The molecule has 16 heteroatoms. The lowest BCUT2D eigenvalue weighted by Gasteiger charge is -2.39. The van der Waals surface area contributed by atoms with E-state index in [1.807, 2.05) is 0 Å². The van der Waals surface area contributed by atoms with Crippen molar-refractivity contribution in [2.75, 3.05) is 7.11 Å². The summed E-state index contributed by atoms with van der Waals surface area (Å²) in [5.74, 6) is -37.8. The molecule has 0 spiro atoms. The summed E-state index contributed by atoms with van der Waals surface area (Å²) in [4.78, 5) is 4.62. The highest BCUT2D eigenvalue weighted by Gasteiger charge is 2.91. The third-order valence-electron chi connectivity index (χ3n) is 4.21. The number of hydrogen-bond donors (Lipinski definition) is 1. The van der Waals surface area contributed by atoms with Gasteiger partial charge >= 0.3 is 35.8 Å². The second-order valence-electron chi connectivity index (χ2n) is 6.24. The van der Waals surface area contributed by atoms with E-state index in [2.05, 4.69) is 4.98 Å². The van der Waals surface area contributed by atoms with Gasteiger partial charge in [0.1, 0.15) is 17.3 Å². The first-order valence-electron chi connectivity index (χ1n) is 7.91. The first-order valence-corrected chi connectivity index (χ1v) is 7.91. The van der Waals surface area contributed by atoms with Crippen LogP contribution in [0, 0.1) is 0 Å². The molecule has 0 aliphatic heterocycles. The molecular formula is C16H9F13N2O. The number of halogens is 13. The summed E-state index contributed by atoms with van der Waals surface area (Å²) >= 11 is 0. The van der Waals surface area contributed by atoms with E-state index >= 15 is 0 Å². The molecule has 0 aliphatic carbocycles. The number of nitrogens with one attached hydrogen (secondary N) is 1. The van der Waals surface area contributed by atoms with Crippen LogP contribution in [0.4, 0.5) is 57.1 Å². The van der Waals surface area contributed by atoms with Crippen LogP contribution in [-0.2, 0) is 5.92 Å². The molecule has 32 heavy (non-hydrogen) atoms. The van der Waals surface area contributed by atoms with E-state index in [1.54, 1.807) is 0 Å². The highest BCUT2D eigenvalue weighted by atomic mass is 19.4. The van der Waals surface area contributed by atoms with Gasteiger partial charge in [-0.15, -0.1) is 0 Å². The molecule has 0 aliphatic rings. The molecule has 2 rings (SSSR count). The summed E-state index contributed by atoms with van der Waals surface area (Å²) < 4.78 is 176. The van der Waals surface area contributed by atoms with Crippen LogP contribution in [0.25, 0.3) is 11.4 Å². The van der Waals surface area contributed by atoms with Crippen molar-refractivity contribution >= 4 is 0 Å². The van der Waals surface area contributed by atoms with Crippen LogP contribution < -0.4 is 4.74 Å². The topological polar surface area (TPSA) is 37.9 Å². The minimum Gasteiger partial charge on any atom is -0.497 e. The SMILES string of the molecule is COc1ccc(-c2ncc(C(F)(F)C(F)(F)C(F)(F)C(F)(F)C(F)(F)C(F)(F)F)[nH]2)cc1. The van der Waals surface area contributed by atoms with Crippen molar-refractivity contribution < 1.29 is 61.8 Å². The van der Waals surface area contributed by atoms with Crippen molar-refractivity contribution in [3.8, 4) is 17.1 Å². The highest BCUT2D eigenvalue weighted by molar-refractivity contribution is 5.56. The average molecular weight is 492 g/mol. The second-order valence-corrected chi connectivity index (χ2v) is 6.24. The Bertz CT molecular complexity index is 948. The highest BCUT2D eigenvalue weighted by Crippen LogP contribution is 2.61. The Morgan fingerprint density at radius 3 is 1.59 bits per heavy atom. The summed E-state index contributed by atoms with van der Waals surface area (Å²) in [5, 5.41) is 0. The molecule has 0 atom stereocenters. The maximum Gasteiger partial charge on any atom is 0.460 e. The zero-order valence-corrected chi connectivity index (χ0v) is 15.2. The summed E-state index contributed by atoms with van der Waals surface area (Å²) in [6.07, 6.45) is -7.65. The van der Waals surface area contributed by atoms with Crippen LogP contribution in [0.1, 0.15) is 5.69 Å². The van der Waals surface area contributed by atoms with E-state index in [-0.39, 0.29) is 17.5 Å². The molecule has 0 saturated carbocycles. The van der Waals surface area contributed by atoms with Crippen molar-refractivity contribution in [3.63, 3.8) is 0 Å². The number of H-pyrrole nitrogens is 1. The standard InChI is InChI=1S/C16H9F13N2O/c1-32-8-4-2-7(3-5-8)10-30-6-9(31-10)11(17,18)12(19,20)13(21,22)14(23,24)15(25,26)16(27,28)29/h2-6H,1H3,(H,30,31). The van der Waals surface area contributed by atoms with Gasteiger partial charge in [-0.25, -0.2) is 4.98 Å². The zero-order chi connectivity index (χ0) is 25.0. The molecule has 3 nitrogen and oxygen atoms in total. The smallest absolute Gasteiger partial charge is 0.460 e. The minimum atomic E-state index is -7.95. The van der Waals surface area contributed by atoms with Crippen LogP contribution >= 0.6 is 0 Å². The first kappa shape index (κ1) is 25.6. The molecule has 0 bridgehead atoms. The number of aromatic nitrogens is 2. The summed E-state index contributed by atoms with van der Waals surface area (Å²) in [7, 11) is 1.25. The fraction of sp³-hybridized carbons (Fsp3) is 0.438. The molecule has 1 N–H and O–H groups in total. The van der Waals surface area contributed by atoms with E-state index in [9.17, 15) is 57.1 Å². The Hall–Kier alpha value is -2.68. The van der Waals surface area contributed by atoms with Gasteiger partial charge in [-0.2, -0.15) is 57.1 Å². The molecule has 1 aromatic carbocycles. The third kappa shape index (κ3) is 3.52. The Kier molecular flexibility index (Phi) is 5.94. The van der Waals surface area contributed by atoms with Crippen LogP contribution in [0.3, 0.4) is 0 Å². The van der Waals surface area contributed by atoms with E-state index in [0.717, 1.165) is 12.1 Å². The Balaban J connectivity index is 2.51. The number of alkyl halides is 13. The van der Waals surface area contributed by atoms with Crippen molar-refractivity contribution in [2.24, 2.45) is 0 Å². The zero-order valence-electron chi connectivity index (χ0n) is 15.2. The van der Waals surface area contributed by atoms with Crippen molar-refractivity contribution in [1.82, 2.24) is 9.97 Å². The van der Waals surface area contributed by atoms with Gasteiger partial charge in [-0.05, 0) is 24.3 Å². The molecule has 1 heterocycles. The van der Waals surface area contributed by atoms with Gasteiger partial charge in [0.25, 0.3) is 0 Å². The number of rotatable bonds is 7. The Morgan fingerprint density at radius 2 is 1.16 bits per heavy atom. The van der Waals surface area contributed by atoms with Gasteiger partial charge in [0.05, 0.1) is 13.3 Å². The Morgan fingerprint density at radius 1 is 0.688 bits per heavy atom. The van der Waals surface area contributed by atoms with Gasteiger partial charge < -0.3 is 9.72 Å². The van der Waals surface area contributed by atoms with Gasteiger partial charge in [0, 0.05) is 5.56 Å². The maximum atomic E-state index is 14.1. The lowest BCUT2D eigenvalue weighted by Crippen LogP contribution is -2.69. The number of aromatic amines is 1. The van der Waals surface area contributed by atoms with Gasteiger partial charge in [-0.3, -0.25) is 0 Å². The predicted molar refractivity (Wildman–Crippen MR) is 80.3 cm³/mol. The maximum absolute atomic E-state index is 14.1. The fourth-order valence-electron chi connectivity index (χ4n) is 2.32. The van der Waals surface area contributed by atoms with Crippen molar-refractivity contribution in [1.29, 1.82) is 0 Å². The summed E-state index contributed by atoms with van der Waals surface area (Å²) in [6.45, 7) is 0. The van der Waals surface area contributed by atoms with Crippen LogP contribution in [-0.4, -0.2) is 46.9 Å². The van der Waals surface area contributed by atoms with Crippen LogP contribution in [0.15, 0.2) is 30.5 Å². The molecular weight excluding hydrogens is 483 g/mol. The normalized spacial score (nSPS) is 14.6. The van der Waals surface area contributed by atoms with Crippen LogP contribution in [0.2, 0.25) is 0 Å². The number of imidazole rings is 1. The van der Waals surface area contributed by atoms with Crippen molar-refractivity contribution in [3.05, 3.63) is 36.2 Å². The molecule has 0 unspecified atom stereocenters. The summed E-state index contributed by atoms with van der Waals surface area (Å²) in [5.41, 5.74) is -2.36. The number of methoxy groups -OCH3 is 1. The molecule has 1 aromatic heterocycles. The van der Waals surface area contributed by atoms with Crippen LogP contribution in [0.5, 0.6) is 5.75 Å². The number of hydrogen-bond acceptors (Lipinski definition) is 2. The molecule has 0 radical (unpaired) electrons. The predicted octanol–water partition coefficient (Wildman–Crippen LogP) is 6.28. The van der Waals surface area contributed by atoms with Gasteiger partial charge in [0.15, 0.2) is 0 Å². The van der Waals surface area contributed by atoms with E-state index in [1.165, 1.54) is 24.2 Å². The number of benzene rings is 1. The Labute approximate surface area is 169 Å². The molecule has 180 valence electrons. The first-order chi connectivity index (χ1) is 14.3. The quantitative estimate of drug-likeness (QED) is 0.462. The molecule has 0 amide bonds. The van der Waals surface area contributed by atoms with E-state index in [0.29, 0.717) is 0 Å². The third-order valence-corrected chi connectivity index (χ3v) is 4.21. The average Bonchev–Trinajstić information content (AvgIpc) is 3.17. The number of nitrogens with zero attached hydrogens (tertiary/aromatic N) is 1. The second kappa shape index (κ2) is 7.43. The lowest BCUT2D eigenvalue weighted by atomic mass is 9.93.